The van der Waals surface area contributed by atoms with Crippen LogP contribution in [-0.2, 0) is 0 Å². The highest BCUT2D eigenvalue weighted by Crippen LogP contribution is 2.53. The molecule has 1 N–H and O–H groups in total. The summed E-state index contributed by atoms with van der Waals surface area (Å²) < 4.78 is 0. The van der Waals surface area contributed by atoms with Crippen LogP contribution in [0, 0.1) is 17.8 Å². The van der Waals surface area contributed by atoms with Gasteiger partial charge in [0.05, 0.1) is 0 Å². The van der Waals surface area contributed by atoms with Crippen molar-refractivity contribution in [1.82, 2.24) is 5.32 Å². The Hall–Kier alpha value is -0.0400. The van der Waals surface area contributed by atoms with E-state index in [9.17, 15) is 0 Å². The van der Waals surface area contributed by atoms with Gasteiger partial charge in [0.15, 0.2) is 0 Å². The molecule has 2 aliphatic carbocycles. The van der Waals surface area contributed by atoms with Crippen LogP contribution in [0.5, 0.6) is 0 Å². The Morgan fingerprint density at radius 2 is 2.25 bits per heavy atom. The smallest absolute Gasteiger partial charge is 0.00924 e. The van der Waals surface area contributed by atoms with Crippen molar-refractivity contribution < 1.29 is 0 Å². The topological polar surface area (TPSA) is 12.0 Å². The van der Waals surface area contributed by atoms with Crippen LogP contribution >= 0.6 is 0 Å². The highest BCUT2D eigenvalue weighted by molar-refractivity contribution is 4.98. The van der Waals surface area contributed by atoms with Gasteiger partial charge in [0.2, 0.25) is 0 Å². The quantitative estimate of drug-likeness (QED) is 0.680. The van der Waals surface area contributed by atoms with Gasteiger partial charge in [-0.3, -0.25) is 0 Å². The Bertz CT molecular complexity index is 151. The van der Waals surface area contributed by atoms with Gasteiger partial charge in [-0.05, 0) is 44.1 Å². The molecule has 0 aliphatic heterocycles. The van der Waals surface area contributed by atoms with Crippen molar-refractivity contribution in [3.8, 4) is 0 Å². The molecule has 12 heavy (non-hydrogen) atoms. The lowest BCUT2D eigenvalue weighted by Crippen LogP contribution is -2.35. The molecule has 1 heteroatoms. The molecule has 4 unspecified atom stereocenters. The average molecular weight is 167 g/mol. The van der Waals surface area contributed by atoms with Gasteiger partial charge in [-0.1, -0.05) is 19.8 Å². The zero-order valence-electron chi connectivity index (χ0n) is 8.34. The maximum absolute atomic E-state index is 3.48. The van der Waals surface area contributed by atoms with E-state index in [0.29, 0.717) is 0 Å². The third kappa shape index (κ3) is 1.39. The van der Waals surface area contributed by atoms with Crippen molar-refractivity contribution in [3.05, 3.63) is 0 Å². The average Bonchev–Trinajstić information content (AvgIpc) is 2.86. The Labute approximate surface area is 75.9 Å². The first-order valence-electron chi connectivity index (χ1n) is 5.54. The van der Waals surface area contributed by atoms with Crippen LogP contribution in [-0.4, -0.2) is 13.1 Å². The lowest BCUT2D eigenvalue weighted by atomic mass is 9.82. The normalized spacial score (nSPS) is 42.0. The third-order valence-electron chi connectivity index (χ3n) is 3.97. The summed E-state index contributed by atoms with van der Waals surface area (Å²) in [4.78, 5) is 0. The fourth-order valence-corrected chi connectivity index (χ4v) is 3.18. The van der Waals surface area contributed by atoms with E-state index in [4.69, 9.17) is 0 Å². The van der Waals surface area contributed by atoms with Crippen LogP contribution in [0.2, 0.25) is 0 Å². The molecular weight excluding hydrogens is 146 g/mol. The number of rotatable bonds is 3. The van der Waals surface area contributed by atoms with Crippen LogP contribution in [0.15, 0.2) is 0 Å². The van der Waals surface area contributed by atoms with Crippen LogP contribution in [0.1, 0.15) is 39.0 Å². The van der Waals surface area contributed by atoms with Crippen LogP contribution in [0.25, 0.3) is 0 Å². The molecule has 0 bridgehead atoms. The molecule has 4 atom stereocenters. The first-order valence-corrected chi connectivity index (χ1v) is 5.54. The molecule has 2 rings (SSSR count). The SMILES string of the molecule is CCC(NC)C1CCCC2CC21. The van der Waals surface area contributed by atoms with Crippen molar-refractivity contribution >= 4 is 0 Å². The number of hydrogen-bond acceptors (Lipinski definition) is 1. The lowest BCUT2D eigenvalue weighted by molar-refractivity contribution is 0.254. The van der Waals surface area contributed by atoms with Crippen LogP contribution in [0.3, 0.4) is 0 Å². The minimum Gasteiger partial charge on any atom is -0.317 e. The molecule has 0 spiro atoms. The van der Waals surface area contributed by atoms with E-state index in [0.717, 1.165) is 23.8 Å². The summed E-state index contributed by atoms with van der Waals surface area (Å²) in [6.07, 6.45) is 7.36. The summed E-state index contributed by atoms with van der Waals surface area (Å²) in [6.45, 7) is 2.31. The standard InChI is InChI=1S/C11H21N/c1-3-11(12-2)9-6-4-5-8-7-10(8)9/h8-12H,3-7H2,1-2H3. The number of fused-ring (bicyclic) bond motifs is 1. The monoisotopic (exact) mass is 167 g/mol. The Morgan fingerprint density at radius 3 is 2.92 bits per heavy atom. The fourth-order valence-electron chi connectivity index (χ4n) is 3.18. The Kier molecular flexibility index (Phi) is 2.40. The van der Waals surface area contributed by atoms with E-state index >= 15 is 0 Å². The minimum absolute atomic E-state index is 0.806. The number of nitrogens with one attached hydrogen (secondary N) is 1. The molecule has 0 heterocycles. The second-order valence-electron chi connectivity index (χ2n) is 4.56. The van der Waals surface area contributed by atoms with Crippen molar-refractivity contribution in [2.75, 3.05) is 7.05 Å². The van der Waals surface area contributed by atoms with Crippen molar-refractivity contribution in [3.63, 3.8) is 0 Å². The fraction of sp³-hybridized carbons (Fsp3) is 1.00. The summed E-state index contributed by atoms with van der Waals surface area (Å²) in [5.74, 6) is 3.25. The lowest BCUT2D eigenvalue weighted by Gasteiger charge is -2.29. The van der Waals surface area contributed by atoms with Gasteiger partial charge < -0.3 is 5.32 Å². The van der Waals surface area contributed by atoms with E-state index in [1.165, 1.54) is 25.7 Å². The molecule has 2 fully saturated rings. The molecular formula is C11H21N. The molecule has 0 aromatic rings. The largest absolute Gasteiger partial charge is 0.317 e. The molecule has 0 amide bonds. The maximum Gasteiger partial charge on any atom is 0.00924 e. The summed E-state index contributed by atoms with van der Waals surface area (Å²) in [5, 5.41) is 3.48. The summed E-state index contributed by atoms with van der Waals surface area (Å²) >= 11 is 0. The van der Waals surface area contributed by atoms with Gasteiger partial charge in [0.25, 0.3) is 0 Å². The molecule has 1 nitrogen and oxygen atoms in total. The predicted octanol–water partition coefficient (Wildman–Crippen LogP) is 2.42. The van der Waals surface area contributed by atoms with Crippen LogP contribution in [0.4, 0.5) is 0 Å². The molecule has 0 aromatic heterocycles. The molecule has 0 saturated heterocycles. The second-order valence-corrected chi connectivity index (χ2v) is 4.56. The van der Waals surface area contributed by atoms with Gasteiger partial charge >= 0.3 is 0 Å². The molecule has 70 valence electrons. The highest BCUT2D eigenvalue weighted by atomic mass is 14.9. The van der Waals surface area contributed by atoms with E-state index in [-0.39, 0.29) is 0 Å². The van der Waals surface area contributed by atoms with Gasteiger partial charge in [0, 0.05) is 6.04 Å². The van der Waals surface area contributed by atoms with E-state index < -0.39 is 0 Å². The van der Waals surface area contributed by atoms with Gasteiger partial charge in [-0.25, -0.2) is 0 Å². The molecule has 0 aromatic carbocycles. The maximum atomic E-state index is 3.48. The van der Waals surface area contributed by atoms with E-state index in [2.05, 4.69) is 19.3 Å². The second kappa shape index (κ2) is 3.37. The molecule has 0 radical (unpaired) electrons. The minimum atomic E-state index is 0.806. The summed E-state index contributed by atoms with van der Waals surface area (Å²) in [6, 6.07) is 0.806. The Balaban J connectivity index is 1.92. The van der Waals surface area contributed by atoms with Crippen molar-refractivity contribution in [1.29, 1.82) is 0 Å². The summed E-state index contributed by atoms with van der Waals surface area (Å²) in [5.41, 5.74) is 0. The Morgan fingerprint density at radius 1 is 1.42 bits per heavy atom. The van der Waals surface area contributed by atoms with Gasteiger partial charge in [0.1, 0.15) is 0 Å². The first-order chi connectivity index (χ1) is 5.86. The highest BCUT2D eigenvalue weighted by Gasteiger charge is 2.46. The van der Waals surface area contributed by atoms with Crippen molar-refractivity contribution in [2.45, 2.75) is 45.1 Å². The van der Waals surface area contributed by atoms with Gasteiger partial charge in [-0.15, -0.1) is 0 Å². The van der Waals surface area contributed by atoms with E-state index in [1.807, 2.05) is 0 Å². The third-order valence-corrected chi connectivity index (χ3v) is 3.97. The molecule has 2 aliphatic rings. The summed E-state index contributed by atoms with van der Waals surface area (Å²) in [7, 11) is 2.13. The predicted molar refractivity (Wildman–Crippen MR) is 52.1 cm³/mol. The number of hydrogen-bond donors (Lipinski definition) is 1. The zero-order valence-corrected chi connectivity index (χ0v) is 8.34. The van der Waals surface area contributed by atoms with Crippen molar-refractivity contribution in [2.24, 2.45) is 17.8 Å². The van der Waals surface area contributed by atoms with Crippen LogP contribution < -0.4 is 5.32 Å². The molecule has 2 saturated carbocycles. The van der Waals surface area contributed by atoms with Gasteiger partial charge in [-0.2, -0.15) is 0 Å². The van der Waals surface area contributed by atoms with E-state index in [1.54, 1.807) is 6.42 Å². The zero-order chi connectivity index (χ0) is 8.55. The first kappa shape index (κ1) is 8.55.